The second kappa shape index (κ2) is 6.57. The number of benzene rings is 1. The summed E-state index contributed by atoms with van der Waals surface area (Å²) in [4.78, 5) is 14.3. The van der Waals surface area contributed by atoms with E-state index >= 15 is 0 Å². The minimum absolute atomic E-state index is 0.182. The molecule has 1 N–H and O–H groups in total. The van der Waals surface area contributed by atoms with Gasteiger partial charge in [-0.15, -0.1) is 0 Å². The van der Waals surface area contributed by atoms with E-state index in [9.17, 15) is 13.6 Å². The predicted molar refractivity (Wildman–Crippen MR) is 81.1 cm³/mol. The standard InChI is InChI=1S/C17H20F2N2O/c18-15-2-1-3-16(19)14(15)6-7-17(22)20-10-12-8-9-21(11-12)13-4-5-13/h1-3,6-7,12-13H,4-5,8-11H2,(H,20,22)/b7-6+. The van der Waals surface area contributed by atoms with E-state index in [1.807, 2.05) is 0 Å². The van der Waals surface area contributed by atoms with Crippen molar-refractivity contribution < 1.29 is 13.6 Å². The van der Waals surface area contributed by atoms with Crippen molar-refractivity contribution in [3.05, 3.63) is 41.5 Å². The van der Waals surface area contributed by atoms with E-state index in [-0.39, 0.29) is 11.5 Å². The Balaban J connectivity index is 1.47. The molecule has 3 nitrogen and oxygen atoms in total. The number of carbonyl (C=O) groups is 1. The van der Waals surface area contributed by atoms with E-state index in [1.54, 1.807) is 0 Å². The third-order valence-corrected chi connectivity index (χ3v) is 4.35. The lowest BCUT2D eigenvalue weighted by molar-refractivity contribution is -0.116. The molecule has 2 aliphatic rings. The van der Waals surface area contributed by atoms with E-state index in [1.165, 1.54) is 43.2 Å². The Morgan fingerprint density at radius 1 is 1.27 bits per heavy atom. The molecule has 1 aromatic carbocycles. The summed E-state index contributed by atoms with van der Waals surface area (Å²) in [6.45, 7) is 2.77. The molecule has 1 aromatic rings. The quantitative estimate of drug-likeness (QED) is 0.848. The van der Waals surface area contributed by atoms with Crippen molar-refractivity contribution in [2.75, 3.05) is 19.6 Å². The molecule has 1 aliphatic heterocycles. The molecule has 1 atom stereocenters. The molecule has 0 bridgehead atoms. The topological polar surface area (TPSA) is 32.3 Å². The van der Waals surface area contributed by atoms with Crippen LogP contribution in [0.15, 0.2) is 24.3 Å². The van der Waals surface area contributed by atoms with Crippen molar-refractivity contribution in [2.24, 2.45) is 5.92 Å². The van der Waals surface area contributed by atoms with E-state index in [4.69, 9.17) is 0 Å². The third kappa shape index (κ3) is 3.71. The van der Waals surface area contributed by atoms with Gasteiger partial charge < -0.3 is 10.2 Å². The van der Waals surface area contributed by atoms with Crippen LogP contribution in [0, 0.1) is 17.6 Å². The van der Waals surface area contributed by atoms with Crippen LogP contribution in [0.5, 0.6) is 0 Å². The molecule has 0 radical (unpaired) electrons. The van der Waals surface area contributed by atoms with Crippen LogP contribution in [0.1, 0.15) is 24.8 Å². The van der Waals surface area contributed by atoms with Gasteiger partial charge in [-0.1, -0.05) is 6.07 Å². The Bertz CT molecular complexity index is 564. The molecule has 0 spiro atoms. The highest BCUT2D eigenvalue weighted by molar-refractivity contribution is 5.91. The number of halogens is 2. The molecule has 118 valence electrons. The van der Waals surface area contributed by atoms with Crippen molar-refractivity contribution in [1.29, 1.82) is 0 Å². The zero-order chi connectivity index (χ0) is 15.5. The molecule has 1 unspecified atom stereocenters. The van der Waals surface area contributed by atoms with Crippen LogP contribution in [-0.4, -0.2) is 36.5 Å². The van der Waals surface area contributed by atoms with Crippen LogP contribution in [0.25, 0.3) is 6.08 Å². The number of likely N-dealkylation sites (tertiary alicyclic amines) is 1. The Hall–Kier alpha value is -1.75. The van der Waals surface area contributed by atoms with Gasteiger partial charge in [0.2, 0.25) is 5.91 Å². The van der Waals surface area contributed by atoms with Crippen molar-refractivity contribution >= 4 is 12.0 Å². The maximum Gasteiger partial charge on any atom is 0.244 e. The summed E-state index contributed by atoms with van der Waals surface area (Å²) in [5.41, 5.74) is -0.182. The smallest absolute Gasteiger partial charge is 0.244 e. The molecule has 3 rings (SSSR count). The first kappa shape index (κ1) is 15.2. The monoisotopic (exact) mass is 306 g/mol. The first-order chi connectivity index (χ1) is 10.6. The number of rotatable bonds is 5. The molecule has 0 aromatic heterocycles. The fourth-order valence-corrected chi connectivity index (χ4v) is 2.93. The van der Waals surface area contributed by atoms with Gasteiger partial charge >= 0.3 is 0 Å². The van der Waals surface area contributed by atoms with Crippen molar-refractivity contribution in [3.63, 3.8) is 0 Å². The average Bonchev–Trinajstić information content (AvgIpc) is 3.23. The van der Waals surface area contributed by atoms with Crippen LogP contribution in [0.4, 0.5) is 8.78 Å². The summed E-state index contributed by atoms with van der Waals surface area (Å²) >= 11 is 0. The minimum Gasteiger partial charge on any atom is -0.352 e. The van der Waals surface area contributed by atoms with Crippen LogP contribution in [-0.2, 0) is 4.79 Å². The first-order valence-corrected chi connectivity index (χ1v) is 7.77. The highest BCUT2D eigenvalue weighted by Crippen LogP contribution is 2.31. The highest BCUT2D eigenvalue weighted by Gasteiger charge is 2.34. The highest BCUT2D eigenvalue weighted by atomic mass is 19.1. The molecule has 1 saturated carbocycles. The summed E-state index contributed by atoms with van der Waals surface area (Å²) in [6, 6.07) is 4.41. The van der Waals surface area contributed by atoms with Crippen LogP contribution in [0.3, 0.4) is 0 Å². The molecular formula is C17H20F2N2O. The van der Waals surface area contributed by atoms with Crippen molar-refractivity contribution in [1.82, 2.24) is 10.2 Å². The number of hydrogen-bond acceptors (Lipinski definition) is 2. The van der Waals surface area contributed by atoms with Crippen molar-refractivity contribution in [2.45, 2.75) is 25.3 Å². The lowest BCUT2D eigenvalue weighted by atomic mass is 10.1. The van der Waals surface area contributed by atoms with Gasteiger partial charge in [0.25, 0.3) is 0 Å². The van der Waals surface area contributed by atoms with Gasteiger partial charge in [0.05, 0.1) is 0 Å². The van der Waals surface area contributed by atoms with Crippen LogP contribution >= 0.6 is 0 Å². The predicted octanol–water partition coefficient (Wildman–Crippen LogP) is 2.58. The van der Waals surface area contributed by atoms with Gasteiger partial charge in [-0.05, 0) is 49.9 Å². The summed E-state index contributed by atoms with van der Waals surface area (Å²) in [6.07, 6.45) is 6.08. The third-order valence-electron chi connectivity index (χ3n) is 4.35. The molecular weight excluding hydrogens is 286 g/mol. The van der Waals surface area contributed by atoms with Crippen LogP contribution in [0.2, 0.25) is 0 Å². The van der Waals surface area contributed by atoms with Gasteiger partial charge in [0.1, 0.15) is 11.6 Å². The van der Waals surface area contributed by atoms with Gasteiger partial charge in [0.15, 0.2) is 0 Å². The molecule has 1 heterocycles. The molecule has 2 fully saturated rings. The second-order valence-corrected chi connectivity index (χ2v) is 6.09. The molecule has 1 saturated heterocycles. The number of nitrogens with zero attached hydrogens (tertiary/aromatic N) is 1. The summed E-state index contributed by atoms with van der Waals surface area (Å²) in [5, 5.41) is 2.82. The maximum absolute atomic E-state index is 13.4. The lowest BCUT2D eigenvalue weighted by Gasteiger charge is -2.14. The fourth-order valence-electron chi connectivity index (χ4n) is 2.93. The normalized spacial score (nSPS) is 22.4. The number of nitrogens with one attached hydrogen (secondary N) is 1. The van der Waals surface area contributed by atoms with Crippen LogP contribution < -0.4 is 5.32 Å². The van der Waals surface area contributed by atoms with E-state index in [0.29, 0.717) is 12.5 Å². The van der Waals surface area contributed by atoms with Gasteiger partial charge in [-0.25, -0.2) is 8.78 Å². The van der Waals surface area contributed by atoms with E-state index in [0.717, 1.165) is 25.6 Å². The number of amides is 1. The average molecular weight is 306 g/mol. The minimum atomic E-state index is -0.667. The fraction of sp³-hybridized carbons (Fsp3) is 0.471. The zero-order valence-corrected chi connectivity index (χ0v) is 12.4. The molecule has 1 aliphatic carbocycles. The van der Waals surface area contributed by atoms with Gasteiger partial charge in [-0.3, -0.25) is 4.79 Å². The molecule has 22 heavy (non-hydrogen) atoms. The Labute approximate surface area is 129 Å². The molecule has 5 heteroatoms. The lowest BCUT2D eigenvalue weighted by Crippen LogP contribution is -2.30. The largest absolute Gasteiger partial charge is 0.352 e. The SMILES string of the molecule is O=C(/C=C/c1c(F)cccc1F)NCC1CCN(C2CC2)C1. The maximum atomic E-state index is 13.4. The number of hydrogen-bond donors (Lipinski definition) is 1. The summed E-state index contributed by atoms with van der Waals surface area (Å²) in [5.74, 6) is -1.17. The summed E-state index contributed by atoms with van der Waals surface area (Å²) < 4.78 is 26.9. The van der Waals surface area contributed by atoms with Gasteiger partial charge in [-0.2, -0.15) is 0 Å². The van der Waals surface area contributed by atoms with E-state index < -0.39 is 11.6 Å². The number of carbonyl (C=O) groups excluding carboxylic acids is 1. The summed E-state index contributed by atoms with van der Waals surface area (Å²) in [7, 11) is 0. The van der Waals surface area contributed by atoms with Crippen molar-refractivity contribution in [3.8, 4) is 0 Å². The first-order valence-electron chi connectivity index (χ1n) is 7.77. The molecule has 1 amide bonds. The Kier molecular flexibility index (Phi) is 4.52. The Morgan fingerprint density at radius 3 is 2.68 bits per heavy atom. The second-order valence-electron chi connectivity index (χ2n) is 6.09. The van der Waals surface area contributed by atoms with Gasteiger partial charge in [0, 0.05) is 30.8 Å². The van der Waals surface area contributed by atoms with E-state index in [2.05, 4.69) is 10.2 Å². The Morgan fingerprint density at radius 2 is 2.00 bits per heavy atom. The zero-order valence-electron chi connectivity index (χ0n) is 12.4.